The molecule has 0 saturated heterocycles. The lowest BCUT2D eigenvalue weighted by Gasteiger charge is -2.41. The third kappa shape index (κ3) is 13.3. The highest BCUT2D eigenvalue weighted by Gasteiger charge is 2.38. The van der Waals surface area contributed by atoms with Crippen molar-refractivity contribution in [2.24, 2.45) is 5.41 Å². The van der Waals surface area contributed by atoms with E-state index in [2.05, 4.69) is 185 Å². The number of allylic oxidation sites excluding steroid dienone is 17. The lowest BCUT2D eigenvalue weighted by molar-refractivity contribution is 0.332. The Labute approximate surface area is 360 Å². The molecule has 4 heteroatoms. The first kappa shape index (κ1) is 48.4. The Morgan fingerprint density at radius 1 is 0.847 bits per heavy atom. The number of hydrogen-bond donors (Lipinski definition) is 2. The second kappa shape index (κ2) is 22.4. The van der Waals surface area contributed by atoms with Crippen LogP contribution < -0.4 is 16.3 Å². The van der Waals surface area contributed by atoms with Gasteiger partial charge in [0, 0.05) is 23.3 Å². The van der Waals surface area contributed by atoms with E-state index in [-0.39, 0.29) is 23.0 Å². The van der Waals surface area contributed by atoms with Gasteiger partial charge in [0.05, 0.1) is 5.66 Å². The maximum atomic E-state index is 6.95. The summed E-state index contributed by atoms with van der Waals surface area (Å²) in [5.74, 6) is 2.20. The molecule has 3 rings (SSSR count). The van der Waals surface area contributed by atoms with Crippen molar-refractivity contribution in [3.63, 3.8) is 0 Å². The summed E-state index contributed by atoms with van der Waals surface area (Å²) in [6.45, 7) is 42.0. The van der Waals surface area contributed by atoms with Crippen LogP contribution in [0.5, 0.6) is 0 Å². The second-order valence-electron chi connectivity index (χ2n) is 17.8. The quantitative estimate of drug-likeness (QED) is 0.0921. The van der Waals surface area contributed by atoms with Crippen molar-refractivity contribution in [2.45, 2.75) is 126 Å². The molecule has 0 unspecified atom stereocenters. The summed E-state index contributed by atoms with van der Waals surface area (Å²) in [6.07, 6.45) is 34.9. The fourth-order valence-electron chi connectivity index (χ4n) is 7.57. The first-order valence-electron chi connectivity index (χ1n) is 21.8. The van der Waals surface area contributed by atoms with E-state index in [1.807, 2.05) is 31.2 Å². The molecule has 2 aromatic rings. The Bertz CT molecular complexity index is 2040. The van der Waals surface area contributed by atoms with Crippen molar-refractivity contribution in [1.29, 1.82) is 0 Å². The summed E-state index contributed by atoms with van der Waals surface area (Å²) in [7, 11) is 0. The van der Waals surface area contributed by atoms with Crippen LogP contribution in [0.15, 0.2) is 179 Å². The van der Waals surface area contributed by atoms with Gasteiger partial charge in [0.2, 0.25) is 0 Å². The third-order valence-corrected chi connectivity index (χ3v) is 12.1. The van der Waals surface area contributed by atoms with Gasteiger partial charge in [-0.2, -0.15) is 0 Å². The van der Waals surface area contributed by atoms with Crippen molar-refractivity contribution in [2.75, 3.05) is 6.54 Å². The molecule has 0 spiro atoms. The van der Waals surface area contributed by atoms with Gasteiger partial charge < -0.3 is 15.1 Å². The topological polar surface area (TPSA) is 37.2 Å². The van der Waals surface area contributed by atoms with Gasteiger partial charge in [-0.25, -0.2) is 0 Å². The summed E-state index contributed by atoms with van der Waals surface area (Å²) in [5.41, 5.74) is 12.5. The van der Waals surface area contributed by atoms with Crippen LogP contribution in [0.1, 0.15) is 126 Å². The molecule has 0 atom stereocenters. The number of benzene rings is 1. The second-order valence-corrected chi connectivity index (χ2v) is 17.8. The Hall–Kier alpha value is -4.96. The monoisotopic (exact) mass is 791 g/mol. The molecule has 1 heterocycles. The molecule has 0 bridgehead atoms. The average molecular weight is 791 g/mol. The molecule has 1 aromatic heterocycles. The van der Waals surface area contributed by atoms with Crippen LogP contribution in [0.4, 0.5) is 0 Å². The SMILES string of the molecule is C=C/C=C\C=C\B(C(=C\N/C(C=C)=C(/C=C)C/C=C\C=C/CC)/C(=C\C(=C)C)NC/C=C\C(CC)=C(/C)C(C)(C)CC)c1cc2cc3c(cc2o1)C(C)(C)CCC3(C)C. The Morgan fingerprint density at radius 2 is 1.53 bits per heavy atom. The molecule has 1 aliphatic carbocycles. The Balaban J connectivity index is 2.32. The molecular weight excluding hydrogens is 715 g/mol. The number of hydrogen-bond acceptors (Lipinski definition) is 3. The molecule has 0 saturated carbocycles. The highest BCUT2D eigenvalue weighted by atomic mass is 16.3. The van der Waals surface area contributed by atoms with Crippen LogP contribution >= 0.6 is 0 Å². The molecule has 0 fully saturated rings. The number of rotatable bonds is 22. The number of fused-ring (bicyclic) bond motifs is 2. The zero-order chi connectivity index (χ0) is 43.8. The lowest BCUT2D eigenvalue weighted by atomic mass is 9.41. The number of furan rings is 1. The fourth-order valence-corrected chi connectivity index (χ4v) is 7.57. The predicted molar refractivity (Wildman–Crippen MR) is 264 cm³/mol. The van der Waals surface area contributed by atoms with Crippen LogP contribution in [0, 0.1) is 5.41 Å². The molecule has 1 aliphatic rings. The summed E-state index contributed by atoms with van der Waals surface area (Å²) >= 11 is 0. The molecule has 59 heavy (non-hydrogen) atoms. The number of nitrogens with one attached hydrogen (secondary N) is 2. The molecule has 0 amide bonds. The van der Waals surface area contributed by atoms with Gasteiger partial charge in [0.1, 0.15) is 5.58 Å². The molecule has 0 aliphatic heterocycles. The van der Waals surface area contributed by atoms with E-state index >= 15 is 0 Å². The minimum atomic E-state index is -0.277. The highest BCUT2D eigenvalue weighted by Crippen LogP contribution is 2.47. The first-order valence-corrected chi connectivity index (χ1v) is 21.8. The van der Waals surface area contributed by atoms with Crippen molar-refractivity contribution >= 4 is 23.3 Å². The molecular formula is C55H75BN2O. The largest absolute Gasteiger partial charge is 0.470 e. The maximum absolute atomic E-state index is 6.95. The van der Waals surface area contributed by atoms with Gasteiger partial charge in [-0.15, -0.1) is 5.98 Å². The minimum Gasteiger partial charge on any atom is -0.470 e. The van der Waals surface area contributed by atoms with E-state index in [0.717, 1.165) is 76.7 Å². The Morgan fingerprint density at radius 3 is 2.12 bits per heavy atom. The van der Waals surface area contributed by atoms with Gasteiger partial charge >= 0.3 is 0 Å². The van der Waals surface area contributed by atoms with Crippen LogP contribution in [0.25, 0.3) is 11.0 Å². The summed E-state index contributed by atoms with van der Waals surface area (Å²) in [5, 5.41) is 8.59. The molecule has 1 aromatic carbocycles. The van der Waals surface area contributed by atoms with Gasteiger partial charge in [0.15, 0.2) is 0 Å². The van der Waals surface area contributed by atoms with Crippen molar-refractivity contribution in [3.05, 3.63) is 186 Å². The average Bonchev–Trinajstić information content (AvgIpc) is 3.62. The van der Waals surface area contributed by atoms with Gasteiger partial charge in [-0.05, 0) is 133 Å². The lowest BCUT2D eigenvalue weighted by Crippen LogP contribution is -2.35. The summed E-state index contributed by atoms with van der Waals surface area (Å²) < 4.78 is 6.95. The normalized spacial score (nSPS) is 16.9. The van der Waals surface area contributed by atoms with Crippen LogP contribution in [0.3, 0.4) is 0 Å². The zero-order valence-corrected chi connectivity index (χ0v) is 38.7. The van der Waals surface area contributed by atoms with E-state index < -0.39 is 0 Å². The maximum Gasteiger partial charge on any atom is 0.284 e. The molecule has 314 valence electrons. The van der Waals surface area contributed by atoms with Crippen LogP contribution in [-0.4, -0.2) is 13.3 Å². The van der Waals surface area contributed by atoms with E-state index in [1.54, 1.807) is 6.08 Å². The predicted octanol–water partition coefficient (Wildman–Crippen LogP) is 14.6. The minimum absolute atomic E-state index is 0.0695. The molecule has 0 radical (unpaired) electrons. The van der Waals surface area contributed by atoms with E-state index in [4.69, 9.17) is 4.42 Å². The summed E-state index contributed by atoms with van der Waals surface area (Å²) in [4.78, 5) is 0. The molecule has 2 N–H and O–H groups in total. The van der Waals surface area contributed by atoms with Crippen molar-refractivity contribution < 1.29 is 4.42 Å². The zero-order valence-electron chi connectivity index (χ0n) is 38.7. The van der Waals surface area contributed by atoms with Crippen molar-refractivity contribution in [1.82, 2.24) is 10.6 Å². The van der Waals surface area contributed by atoms with Crippen LogP contribution in [0.2, 0.25) is 0 Å². The third-order valence-electron chi connectivity index (χ3n) is 12.1. The van der Waals surface area contributed by atoms with E-state index in [9.17, 15) is 0 Å². The first-order chi connectivity index (χ1) is 28.0. The Kier molecular flexibility index (Phi) is 18.4. The van der Waals surface area contributed by atoms with Gasteiger partial charge in [-0.1, -0.05) is 167 Å². The van der Waals surface area contributed by atoms with Gasteiger partial charge in [-0.3, -0.25) is 0 Å². The van der Waals surface area contributed by atoms with E-state index in [0.29, 0.717) is 13.0 Å². The standard InChI is InChI=1S/C55H75BN2O/c1-16-22-24-26-27-30-44(19-4)49(20-5)58-40-48(50(36-41(7)8)57-35-29-31-43(18-3)42(9)53(10,11)21-6)56(34-28-25-23-17-2)52-38-45-37-46-47(39-51(45)59-52)55(14,15)33-32-54(46,12)13/h17,19-20,22-29,31,34,36-40,57-58H,2,4-5,7,16,18,21,30,32-33,35H2,1,3,6,8-15H3/b24-22-,25-23-,27-26-,31-29-,34-28+,43-42+,48-40-,49-44-,50-36+. The molecule has 3 nitrogen and oxygen atoms in total. The highest BCUT2D eigenvalue weighted by molar-refractivity contribution is 6.84. The summed E-state index contributed by atoms with van der Waals surface area (Å²) in [6, 6.07) is 6.92. The smallest absolute Gasteiger partial charge is 0.284 e. The fraction of sp³-hybridized carbons (Fsp3) is 0.382. The van der Waals surface area contributed by atoms with E-state index in [1.165, 1.54) is 22.3 Å². The van der Waals surface area contributed by atoms with Gasteiger partial charge in [0.25, 0.3) is 6.71 Å². The van der Waals surface area contributed by atoms with Crippen molar-refractivity contribution in [3.8, 4) is 0 Å². The van der Waals surface area contributed by atoms with Crippen LogP contribution in [-0.2, 0) is 10.8 Å².